The summed E-state index contributed by atoms with van der Waals surface area (Å²) >= 11 is 1.58. The normalized spacial score (nSPS) is 14.9. The van der Waals surface area contributed by atoms with E-state index >= 15 is 0 Å². The van der Waals surface area contributed by atoms with Gasteiger partial charge >= 0.3 is 0 Å². The number of thiophene rings is 1. The van der Waals surface area contributed by atoms with Crippen molar-refractivity contribution in [2.45, 2.75) is 19.4 Å². The van der Waals surface area contributed by atoms with E-state index in [-0.39, 0.29) is 5.91 Å². The molecule has 1 fully saturated rings. The molecule has 0 unspecified atom stereocenters. The van der Waals surface area contributed by atoms with Crippen molar-refractivity contribution in [2.24, 2.45) is 0 Å². The number of anilines is 1. The molecule has 152 valence electrons. The average Bonchev–Trinajstić information content (AvgIpc) is 3.43. The maximum absolute atomic E-state index is 12.3. The molecule has 0 saturated carbocycles. The summed E-state index contributed by atoms with van der Waals surface area (Å²) < 4.78 is 5.64. The molecule has 1 N–H and O–H groups in total. The minimum atomic E-state index is -0.0199. The standard InChI is InChI=1S/C21H25N5O2S/c1-25-9-11-26(12-10-25)18-5-3-2-4-16(18)14-22-19(27)6-7-20-23-24-21(28-20)17-8-13-29-15-17/h2-5,8,13,15H,6-7,9-12,14H2,1H3,(H,22,27). The summed E-state index contributed by atoms with van der Waals surface area (Å²) in [7, 11) is 2.15. The van der Waals surface area contributed by atoms with Gasteiger partial charge in [-0.15, -0.1) is 10.2 Å². The monoisotopic (exact) mass is 411 g/mol. The zero-order valence-corrected chi connectivity index (χ0v) is 17.3. The van der Waals surface area contributed by atoms with Crippen LogP contribution >= 0.6 is 11.3 Å². The summed E-state index contributed by atoms with van der Waals surface area (Å²) in [6, 6.07) is 10.2. The van der Waals surface area contributed by atoms with Crippen LogP contribution in [0.5, 0.6) is 0 Å². The van der Waals surface area contributed by atoms with Crippen molar-refractivity contribution >= 4 is 22.9 Å². The summed E-state index contributed by atoms with van der Waals surface area (Å²) in [5, 5.41) is 15.0. The number of aromatic nitrogens is 2. The summed E-state index contributed by atoms with van der Waals surface area (Å²) in [5.74, 6) is 0.968. The zero-order valence-electron chi connectivity index (χ0n) is 16.5. The number of benzene rings is 1. The minimum Gasteiger partial charge on any atom is -0.421 e. The molecule has 29 heavy (non-hydrogen) atoms. The fourth-order valence-corrected chi connectivity index (χ4v) is 4.01. The molecule has 1 amide bonds. The first-order valence-corrected chi connectivity index (χ1v) is 10.8. The fourth-order valence-electron chi connectivity index (χ4n) is 3.38. The number of amides is 1. The molecule has 3 aromatic rings. The number of carbonyl (C=O) groups is 1. The van der Waals surface area contributed by atoms with Crippen molar-refractivity contribution in [3.05, 3.63) is 52.5 Å². The maximum atomic E-state index is 12.3. The van der Waals surface area contributed by atoms with Crippen LogP contribution < -0.4 is 10.2 Å². The number of carbonyl (C=O) groups excluding carboxylic acids is 1. The maximum Gasteiger partial charge on any atom is 0.248 e. The van der Waals surface area contributed by atoms with E-state index in [9.17, 15) is 4.79 Å². The molecule has 8 heteroatoms. The predicted molar refractivity (Wildman–Crippen MR) is 114 cm³/mol. The number of aryl methyl sites for hydroxylation is 1. The van der Waals surface area contributed by atoms with Crippen molar-refractivity contribution in [2.75, 3.05) is 38.1 Å². The number of piperazine rings is 1. The molecule has 1 saturated heterocycles. The molecule has 1 aliphatic heterocycles. The van der Waals surface area contributed by atoms with Crippen LogP contribution in [0.25, 0.3) is 11.5 Å². The van der Waals surface area contributed by atoms with Crippen LogP contribution in [0.4, 0.5) is 5.69 Å². The molecule has 0 atom stereocenters. The fraction of sp³-hybridized carbons (Fsp3) is 0.381. The minimum absolute atomic E-state index is 0.0199. The molecule has 0 radical (unpaired) electrons. The Kier molecular flexibility index (Phi) is 6.21. The summed E-state index contributed by atoms with van der Waals surface area (Å²) in [6.45, 7) is 4.64. The van der Waals surface area contributed by atoms with E-state index in [0.717, 1.165) is 37.3 Å². The Labute approximate surface area is 174 Å². The van der Waals surface area contributed by atoms with Gasteiger partial charge in [-0.25, -0.2) is 0 Å². The molecule has 4 rings (SSSR count). The van der Waals surface area contributed by atoms with Crippen LogP contribution in [-0.2, 0) is 17.8 Å². The van der Waals surface area contributed by atoms with Gasteiger partial charge in [0.05, 0.1) is 0 Å². The van der Waals surface area contributed by atoms with Gasteiger partial charge in [0.15, 0.2) is 0 Å². The SMILES string of the molecule is CN1CCN(c2ccccc2CNC(=O)CCc2nnc(-c3ccsc3)o2)CC1. The second kappa shape index (κ2) is 9.19. The van der Waals surface area contributed by atoms with Crippen LogP contribution in [0.15, 0.2) is 45.5 Å². The number of hydrogen-bond donors (Lipinski definition) is 1. The summed E-state index contributed by atoms with van der Waals surface area (Å²) in [6.07, 6.45) is 0.755. The quantitative estimate of drug-likeness (QED) is 0.644. The molecule has 2 aromatic heterocycles. The number of rotatable bonds is 7. The number of hydrogen-bond acceptors (Lipinski definition) is 7. The molecule has 7 nitrogen and oxygen atoms in total. The Bertz CT molecular complexity index is 932. The third-order valence-electron chi connectivity index (χ3n) is 5.11. The summed E-state index contributed by atoms with van der Waals surface area (Å²) in [4.78, 5) is 17.1. The van der Waals surface area contributed by atoms with Crippen molar-refractivity contribution in [3.63, 3.8) is 0 Å². The lowest BCUT2D eigenvalue weighted by atomic mass is 10.1. The van der Waals surface area contributed by atoms with Gasteiger partial charge in [-0.1, -0.05) is 18.2 Å². The Hall–Kier alpha value is -2.71. The topological polar surface area (TPSA) is 74.5 Å². The molecule has 1 aromatic carbocycles. The van der Waals surface area contributed by atoms with E-state index in [0.29, 0.717) is 31.2 Å². The van der Waals surface area contributed by atoms with Crippen LogP contribution in [-0.4, -0.2) is 54.2 Å². The molecular formula is C21H25N5O2S. The molecule has 0 bridgehead atoms. The Morgan fingerprint density at radius 3 is 2.79 bits per heavy atom. The second-order valence-corrected chi connectivity index (χ2v) is 7.99. The van der Waals surface area contributed by atoms with E-state index < -0.39 is 0 Å². The smallest absolute Gasteiger partial charge is 0.248 e. The van der Waals surface area contributed by atoms with Crippen molar-refractivity contribution in [1.29, 1.82) is 0 Å². The third-order valence-corrected chi connectivity index (χ3v) is 5.80. The van der Waals surface area contributed by atoms with E-state index in [4.69, 9.17) is 4.42 Å². The van der Waals surface area contributed by atoms with Crippen LogP contribution in [0, 0.1) is 0 Å². The molecule has 1 aliphatic rings. The predicted octanol–water partition coefficient (Wildman–Crippen LogP) is 2.80. The lowest BCUT2D eigenvalue weighted by molar-refractivity contribution is -0.121. The van der Waals surface area contributed by atoms with Crippen LogP contribution in [0.2, 0.25) is 0 Å². The van der Waals surface area contributed by atoms with Crippen molar-refractivity contribution in [1.82, 2.24) is 20.4 Å². The van der Waals surface area contributed by atoms with Gasteiger partial charge in [0.25, 0.3) is 0 Å². The molecule has 3 heterocycles. The van der Waals surface area contributed by atoms with E-state index in [1.54, 1.807) is 11.3 Å². The lowest BCUT2D eigenvalue weighted by Gasteiger charge is -2.35. The van der Waals surface area contributed by atoms with Gasteiger partial charge in [-0.2, -0.15) is 11.3 Å². The number of nitrogens with one attached hydrogen (secondary N) is 1. The zero-order chi connectivity index (χ0) is 20.1. The van der Waals surface area contributed by atoms with Gasteiger partial charge in [-0.05, 0) is 30.1 Å². The van der Waals surface area contributed by atoms with Crippen LogP contribution in [0.1, 0.15) is 17.9 Å². The number of likely N-dealkylation sites (N-methyl/N-ethyl adjacent to an activating group) is 1. The third kappa shape index (κ3) is 5.02. The van der Waals surface area contributed by atoms with Gasteiger partial charge in [-0.3, -0.25) is 4.79 Å². The molecule has 0 spiro atoms. The van der Waals surface area contributed by atoms with E-state index in [1.165, 1.54) is 5.69 Å². The average molecular weight is 412 g/mol. The highest BCUT2D eigenvalue weighted by atomic mass is 32.1. The van der Waals surface area contributed by atoms with Gasteiger partial charge in [0, 0.05) is 62.2 Å². The Morgan fingerprint density at radius 2 is 2.00 bits per heavy atom. The first-order chi connectivity index (χ1) is 14.2. The molecular weight excluding hydrogens is 386 g/mol. The van der Waals surface area contributed by atoms with Gasteiger partial charge in [0.2, 0.25) is 17.7 Å². The van der Waals surface area contributed by atoms with E-state index in [1.807, 2.05) is 22.9 Å². The number of nitrogens with zero attached hydrogens (tertiary/aromatic N) is 4. The van der Waals surface area contributed by atoms with Gasteiger partial charge in [0.1, 0.15) is 0 Å². The van der Waals surface area contributed by atoms with Crippen LogP contribution in [0.3, 0.4) is 0 Å². The Balaban J connectivity index is 1.29. The lowest BCUT2D eigenvalue weighted by Crippen LogP contribution is -2.45. The highest BCUT2D eigenvalue weighted by molar-refractivity contribution is 7.08. The molecule has 0 aliphatic carbocycles. The summed E-state index contributed by atoms with van der Waals surface area (Å²) in [5.41, 5.74) is 3.26. The second-order valence-electron chi connectivity index (χ2n) is 7.21. The van der Waals surface area contributed by atoms with Gasteiger partial charge < -0.3 is 19.5 Å². The van der Waals surface area contributed by atoms with E-state index in [2.05, 4.69) is 50.6 Å². The first-order valence-electron chi connectivity index (χ1n) is 9.82. The van der Waals surface area contributed by atoms with Crippen molar-refractivity contribution < 1.29 is 9.21 Å². The Morgan fingerprint density at radius 1 is 1.17 bits per heavy atom. The highest BCUT2D eigenvalue weighted by Gasteiger charge is 2.17. The van der Waals surface area contributed by atoms with Crippen molar-refractivity contribution in [3.8, 4) is 11.5 Å². The first kappa shape index (κ1) is 19.6. The highest BCUT2D eigenvalue weighted by Crippen LogP contribution is 2.22. The largest absolute Gasteiger partial charge is 0.421 e. The number of para-hydroxylation sites is 1.